The predicted octanol–water partition coefficient (Wildman–Crippen LogP) is 2.49. The Balaban J connectivity index is 1.55. The molecule has 0 aliphatic carbocycles. The van der Waals surface area contributed by atoms with Gasteiger partial charge in [0.1, 0.15) is 0 Å². The Hall–Kier alpha value is -1.39. The van der Waals surface area contributed by atoms with Crippen LogP contribution >= 0.6 is 0 Å². The number of carboxylic acids is 1. The lowest BCUT2D eigenvalue weighted by Gasteiger charge is -2.29. The molecule has 1 fully saturated rings. The van der Waals surface area contributed by atoms with E-state index in [1.165, 1.54) is 11.1 Å². The van der Waals surface area contributed by atoms with E-state index >= 15 is 0 Å². The second kappa shape index (κ2) is 6.58. The second-order valence-electron chi connectivity index (χ2n) is 6.15. The van der Waals surface area contributed by atoms with E-state index in [0.717, 1.165) is 45.5 Å². The van der Waals surface area contributed by atoms with Gasteiger partial charge in [-0.25, -0.2) is 0 Å². The Morgan fingerprint density at radius 3 is 3.10 bits per heavy atom. The van der Waals surface area contributed by atoms with Crippen molar-refractivity contribution in [1.82, 2.24) is 4.90 Å². The highest BCUT2D eigenvalue weighted by Gasteiger charge is 2.28. The van der Waals surface area contributed by atoms with Crippen molar-refractivity contribution in [2.24, 2.45) is 5.92 Å². The molecule has 2 unspecified atom stereocenters. The molecule has 4 heteroatoms. The van der Waals surface area contributed by atoms with Crippen molar-refractivity contribution in [2.45, 2.75) is 31.8 Å². The van der Waals surface area contributed by atoms with Crippen LogP contribution in [-0.4, -0.2) is 42.2 Å². The summed E-state index contributed by atoms with van der Waals surface area (Å²) in [5.74, 6) is -0.155. The zero-order valence-corrected chi connectivity index (χ0v) is 12.3. The summed E-state index contributed by atoms with van der Waals surface area (Å²) >= 11 is 0. The monoisotopic (exact) mass is 289 g/mol. The molecule has 3 rings (SSSR count). The topological polar surface area (TPSA) is 49.8 Å². The quantitative estimate of drug-likeness (QED) is 0.905. The lowest BCUT2D eigenvalue weighted by molar-refractivity contribution is -0.137. The molecule has 1 N–H and O–H groups in total. The molecule has 0 saturated carbocycles. The van der Waals surface area contributed by atoms with Crippen molar-refractivity contribution in [3.8, 4) is 0 Å². The van der Waals surface area contributed by atoms with Crippen molar-refractivity contribution in [3.05, 3.63) is 35.4 Å². The Morgan fingerprint density at radius 2 is 2.24 bits per heavy atom. The van der Waals surface area contributed by atoms with Crippen LogP contribution in [0, 0.1) is 5.92 Å². The van der Waals surface area contributed by atoms with Crippen LogP contribution in [0.4, 0.5) is 0 Å². The molecule has 2 aliphatic rings. The predicted molar refractivity (Wildman–Crippen MR) is 80.3 cm³/mol. The third kappa shape index (κ3) is 3.63. The van der Waals surface area contributed by atoms with Crippen molar-refractivity contribution in [3.63, 3.8) is 0 Å². The highest BCUT2D eigenvalue weighted by atomic mass is 16.5. The minimum Gasteiger partial charge on any atom is -0.481 e. The highest BCUT2D eigenvalue weighted by molar-refractivity contribution is 5.66. The first-order chi connectivity index (χ1) is 10.2. The van der Waals surface area contributed by atoms with E-state index in [2.05, 4.69) is 29.2 Å². The van der Waals surface area contributed by atoms with E-state index in [0.29, 0.717) is 12.3 Å². The van der Waals surface area contributed by atoms with Crippen LogP contribution in [0.15, 0.2) is 24.3 Å². The molecule has 0 bridgehead atoms. The number of carbonyl (C=O) groups is 1. The Morgan fingerprint density at radius 1 is 1.38 bits per heavy atom. The molecule has 0 radical (unpaired) electrons. The van der Waals surface area contributed by atoms with Crippen LogP contribution in [0.1, 0.15) is 36.5 Å². The molecular weight excluding hydrogens is 266 g/mol. The van der Waals surface area contributed by atoms with Crippen LogP contribution < -0.4 is 0 Å². The number of likely N-dealkylation sites (tertiary alicyclic amines) is 1. The average Bonchev–Trinajstić information content (AvgIpc) is 2.93. The maximum atomic E-state index is 10.7. The van der Waals surface area contributed by atoms with Crippen molar-refractivity contribution in [2.75, 3.05) is 26.2 Å². The lowest BCUT2D eigenvalue weighted by Crippen LogP contribution is -2.30. The summed E-state index contributed by atoms with van der Waals surface area (Å²) in [6, 6.07) is 8.56. The van der Waals surface area contributed by atoms with E-state index < -0.39 is 5.97 Å². The highest BCUT2D eigenvalue weighted by Crippen LogP contribution is 2.30. The number of carboxylic acid groups (broad SMARTS) is 1. The number of hydrogen-bond donors (Lipinski definition) is 1. The maximum Gasteiger partial charge on any atom is 0.303 e. The summed E-state index contributed by atoms with van der Waals surface area (Å²) in [5, 5.41) is 8.78. The summed E-state index contributed by atoms with van der Waals surface area (Å²) in [5.41, 5.74) is 2.74. The van der Waals surface area contributed by atoms with Crippen LogP contribution in [0.5, 0.6) is 0 Å². The second-order valence-corrected chi connectivity index (χ2v) is 6.15. The van der Waals surface area contributed by atoms with Crippen molar-refractivity contribution in [1.29, 1.82) is 0 Å². The van der Waals surface area contributed by atoms with Crippen molar-refractivity contribution < 1.29 is 14.6 Å². The van der Waals surface area contributed by atoms with Gasteiger partial charge in [0.25, 0.3) is 0 Å². The van der Waals surface area contributed by atoms with E-state index in [-0.39, 0.29) is 6.10 Å². The normalized spacial score (nSPS) is 25.7. The number of rotatable bonds is 5. The molecule has 0 amide bonds. The van der Waals surface area contributed by atoms with Gasteiger partial charge in [0.2, 0.25) is 0 Å². The van der Waals surface area contributed by atoms with Gasteiger partial charge in [-0.2, -0.15) is 0 Å². The van der Waals surface area contributed by atoms with Gasteiger partial charge in [0.15, 0.2) is 0 Å². The van der Waals surface area contributed by atoms with Crippen LogP contribution in [0.2, 0.25) is 0 Å². The first-order valence-electron chi connectivity index (χ1n) is 7.86. The van der Waals surface area contributed by atoms with Gasteiger partial charge in [0, 0.05) is 19.5 Å². The standard InChI is InChI=1S/C17H23NO3/c19-17(20)6-5-13-7-9-18(11-13)12-16-15-4-2-1-3-14(15)8-10-21-16/h1-4,13,16H,5-12H2,(H,19,20). The van der Waals surface area contributed by atoms with Crippen LogP contribution in [-0.2, 0) is 16.0 Å². The molecule has 114 valence electrons. The minimum atomic E-state index is -0.682. The number of benzene rings is 1. The molecule has 2 heterocycles. The molecule has 0 spiro atoms. The third-order valence-corrected chi connectivity index (χ3v) is 4.65. The molecule has 4 nitrogen and oxygen atoms in total. The number of fused-ring (bicyclic) bond motifs is 1. The Bertz CT molecular complexity index is 503. The van der Waals surface area contributed by atoms with Gasteiger partial charge >= 0.3 is 5.97 Å². The van der Waals surface area contributed by atoms with Crippen LogP contribution in [0.25, 0.3) is 0 Å². The van der Waals surface area contributed by atoms with Gasteiger partial charge in [-0.05, 0) is 42.9 Å². The number of aliphatic carboxylic acids is 1. The van der Waals surface area contributed by atoms with Crippen LogP contribution in [0.3, 0.4) is 0 Å². The molecule has 2 atom stereocenters. The summed E-state index contributed by atoms with van der Waals surface area (Å²) in [6.45, 7) is 3.81. The van der Waals surface area contributed by atoms with Gasteiger partial charge in [-0.15, -0.1) is 0 Å². The molecule has 0 aromatic heterocycles. The fourth-order valence-electron chi connectivity index (χ4n) is 3.50. The molecule has 1 saturated heterocycles. The fourth-order valence-corrected chi connectivity index (χ4v) is 3.50. The largest absolute Gasteiger partial charge is 0.481 e. The minimum absolute atomic E-state index is 0.174. The molecule has 2 aliphatic heterocycles. The molecule has 1 aromatic carbocycles. The van der Waals surface area contributed by atoms with Gasteiger partial charge < -0.3 is 14.7 Å². The first kappa shape index (κ1) is 14.5. The zero-order valence-electron chi connectivity index (χ0n) is 12.3. The molecule has 21 heavy (non-hydrogen) atoms. The van der Waals surface area contributed by atoms with Gasteiger partial charge in [-0.1, -0.05) is 24.3 Å². The maximum absolute atomic E-state index is 10.7. The molecule has 1 aromatic rings. The fraction of sp³-hybridized carbons (Fsp3) is 0.588. The van der Waals surface area contributed by atoms with E-state index in [1.807, 2.05) is 0 Å². The first-order valence-corrected chi connectivity index (χ1v) is 7.86. The number of hydrogen-bond acceptors (Lipinski definition) is 3. The van der Waals surface area contributed by atoms with E-state index in [9.17, 15) is 4.79 Å². The summed E-state index contributed by atoms with van der Waals surface area (Å²) < 4.78 is 5.96. The third-order valence-electron chi connectivity index (χ3n) is 4.65. The molecular formula is C17H23NO3. The average molecular weight is 289 g/mol. The lowest BCUT2D eigenvalue weighted by atomic mass is 9.97. The summed E-state index contributed by atoms with van der Waals surface area (Å²) in [7, 11) is 0. The van der Waals surface area contributed by atoms with Gasteiger partial charge in [0.05, 0.1) is 12.7 Å². The van der Waals surface area contributed by atoms with Crippen molar-refractivity contribution >= 4 is 5.97 Å². The SMILES string of the molecule is O=C(O)CCC1CCN(CC2OCCc3ccccc32)C1. The number of ether oxygens (including phenoxy) is 1. The van der Waals surface area contributed by atoms with E-state index in [4.69, 9.17) is 9.84 Å². The summed E-state index contributed by atoms with van der Waals surface area (Å²) in [4.78, 5) is 13.1. The number of nitrogens with zero attached hydrogens (tertiary/aromatic N) is 1. The Labute approximate surface area is 125 Å². The zero-order chi connectivity index (χ0) is 14.7. The Kier molecular flexibility index (Phi) is 4.56. The summed E-state index contributed by atoms with van der Waals surface area (Å²) in [6.07, 6.45) is 3.39. The smallest absolute Gasteiger partial charge is 0.303 e. The van der Waals surface area contributed by atoms with Gasteiger partial charge in [-0.3, -0.25) is 4.79 Å². The van der Waals surface area contributed by atoms with E-state index in [1.54, 1.807) is 0 Å².